The number of non-ortho nitro benzene ring substituents is 1. The molecule has 6 rings (SSSR count). The number of anilines is 1. The molecule has 0 spiro atoms. The van der Waals surface area contributed by atoms with Gasteiger partial charge in [0.2, 0.25) is 11.8 Å². The summed E-state index contributed by atoms with van der Waals surface area (Å²) in [5.41, 5.74) is 4.64. The van der Waals surface area contributed by atoms with Gasteiger partial charge in [0.1, 0.15) is 0 Å². The van der Waals surface area contributed by atoms with Gasteiger partial charge in [0.25, 0.3) is 5.69 Å². The summed E-state index contributed by atoms with van der Waals surface area (Å²) in [4.78, 5) is 38.8. The largest absolute Gasteiger partial charge is 0.274 e. The summed E-state index contributed by atoms with van der Waals surface area (Å²) in [5, 5.41) is 11.0. The first-order valence-electron chi connectivity index (χ1n) is 11.2. The number of nitro benzene ring substituents is 1. The molecule has 2 fully saturated rings. The molecule has 1 heterocycles. The van der Waals surface area contributed by atoms with Gasteiger partial charge in [0.15, 0.2) is 0 Å². The number of benzene rings is 3. The second kappa shape index (κ2) is 7.63. The molecule has 0 aromatic heterocycles. The molecule has 0 N–H and O–H groups in total. The van der Waals surface area contributed by atoms with Crippen LogP contribution < -0.4 is 4.90 Å². The number of nitrogens with zero attached hydrogens (tertiary/aromatic N) is 2. The smallest absolute Gasteiger partial charge is 0.269 e. The van der Waals surface area contributed by atoms with Gasteiger partial charge in [-0.25, -0.2) is 4.90 Å². The van der Waals surface area contributed by atoms with Gasteiger partial charge in [0.05, 0.1) is 22.4 Å². The molecule has 34 heavy (non-hydrogen) atoms. The van der Waals surface area contributed by atoms with Crippen LogP contribution in [0.25, 0.3) is 5.57 Å². The zero-order chi connectivity index (χ0) is 23.4. The number of nitro groups is 1. The number of hydrogen-bond acceptors (Lipinski definition) is 4. The highest BCUT2D eigenvalue weighted by Gasteiger charge is 2.62. The zero-order valence-electron chi connectivity index (χ0n) is 18.1. The Kier molecular flexibility index (Phi) is 4.55. The average Bonchev–Trinajstić information content (AvgIpc) is 3.50. The van der Waals surface area contributed by atoms with Crippen LogP contribution in [-0.4, -0.2) is 16.7 Å². The van der Waals surface area contributed by atoms with Crippen molar-refractivity contribution in [1.82, 2.24) is 0 Å². The zero-order valence-corrected chi connectivity index (χ0v) is 18.1. The molecule has 1 saturated carbocycles. The lowest BCUT2D eigenvalue weighted by Gasteiger charge is -2.21. The fourth-order valence-electron chi connectivity index (χ4n) is 5.78. The molecule has 1 aliphatic heterocycles. The maximum absolute atomic E-state index is 13.6. The van der Waals surface area contributed by atoms with E-state index in [2.05, 4.69) is 36.4 Å². The van der Waals surface area contributed by atoms with E-state index in [1.54, 1.807) is 0 Å². The van der Waals surface area contributed by atoms with Gasteiger partial charge in [-0.1, -0.05) is 72.8 Å². The van der Waals surface area contributed by atoms with Gasteiger partial charge in [-0.3, -0.25) is 19.7 Å². The Morgan fingerprint density at radius 3 is 1.62 bits per heavy atom. The van der Waals surface area contributed by atoms with Crippen LogP contribution in [0, 0.1) is 33.8 Å². The number of fused-ring (bicyclic) bond motifs is 5. The summed E-state index contributed by atoms with van der Waals surface area (Å²) >= 11 is 0. The van der Waals surface area contributed by atoms with Crippen molar-refractivity contribution in [2.45, 2.75) is 0 Å². The van der Waals surface area contributed by atoms with Crippen LogP contribution >= 0.6 is 0 Å². The Morgan fingerprint density at radius 1 is 0.706 bits per heavy atom. The van der Waals surface area contributed by atoms with Crippen LogP contribution in [-0.2, 0) is 9.59 Å². The van der Waals surface area contributed by atoms with E-state index < -0.39 is 16.8 Å². The normalized spacial score (nSPS) is 24.6. The molecule has 6 nitrogen and oxygen atoms in total. The first-order chi connectivity index (χ1) is 16.6. The summed E-state index contributed by atoms with van der Waals surface area (Å²) in [6, 6.07) is 25.8. The summed E-state index contributed by atoms with van der Waals surface area (Å²) in [7, 11) is 0. The molecule has 6 heteroatoms. The molecule has 2 aliphatic carbocycles. The van der Waals surface area contributed by atoms with Crippen molar-refractivity contribution in [2.24, 2.45) is 23.7 Å². The first kappa shape index (κ1) is 20.3. The molecule has 166 valence electrons. The second-order valence-corrected chi connectivity index (χ2v) is 8.84. The highest BCUT2D eigenvalue weighted by Crippen LogP contribution is 2.58. The van der Waals surface area contributed by atoms with Crippen LogP contribution in [0.4, 0.5) is 11.4 Å². The molecule has 0 unspecified atom stereocenters. The molecule has 2 amide bonds. The highest BCUT2D eigenvalue weighted by molar-refractivity contribution is 6.23. The molecule has 0 radical (unpaired) electrons. The Labute approximate surface area is 196 Å². The van der Waals surface area contributed by atoms with Crippen molar-refractivity contribution in [2.75, 3.05) is 4.90 Å². The topological polar surface area (TPSA) is 80.5 Å². The lowest BCUT2D eigenvalue weighted by atomic mass is 9.85. The Morgan fingerprint density at radius 2 is 1.18 bits per heavy atom. The lowest BCUT2D eigenvalue weighted by molar-refractivity contribution is -0.384. The third kappa shape index (κ3) is 2.88. The van der Waals surface area contributed by atoms with Gasteiger partial charge in [-0.15, -0.1) is 0 Å². The lowest BCUT2D eigenvalue weighted by Crippen LogP contribution is -2.33. The van der Waals surface area contributed by atoms with E-state index in [4.69, 9.17) is 0 Å². The molecular formula is C28H20N2O4. The molecule has 4 atom stereocenters. The van der Waals surface area contributed by atoms with Crippen molar-refractivity contribution in [1.29, 1.82) is 0 Å². The van der Waals surface area contributed by atoms with Crippen LogP contribution in [0.15, 0.2) is 103 Å². The molecule has 3 aliphatic rings. The van der Waals surface area contributed by atoms with Crippen molar-refractivity contribution in [3.05, 3.63) is 124 Å². The van der Waals surface area contributed by atoms with E-state index in [1.807, 2.05) is 36.4 Å². The van der Waals surface area contributed by atoms with Gasteiger partial charge >= 0.3 is 0 Å². The Bertz CT molecular complexity index is 1300. The number of allylic oxidation sites excluding steroid dienone is 3. The van der Waals surface area contributed by atoms with Crippen molar-refractivity contribution in [3.63, 3.8) is 0 Å². The Balaban J connectivity index is 1.44. The van der Waals surface area contributed by atoms with Crippen LogP contribution in [0.1, 0.15) is 11.1 Å². The van der Waals surface area contributed by atoms with Crippen LogP contribution in [0.2, 0.25) is 0 Å². The number of imide groups is 1. The molecular weight excluding hydrogens is 428 g/mol. The number of amides is 2. The third-order valence-corrected chi connectivity index (χ3v) is 7.15. The average molecular weight is 448 g/mol. The fourth-order valence-corrected chi connectivity index (χ4v) is 5.78. The van der Waals surface area contributed by atoms with E-state index in [-0.39, 0.29) is 29.3 Å². The predicted molar refractivity (Wildman–Crippen MR) is 128 cm³/mol. The highest BCUT2D eigenvalue weighted by atomic mass is 16.6. The van der Waals surface area contributed by atoms with E-state index in [1.165, 1.54) is 29.2 Å². The maximum Gasteiger partial charge on any atom is 0.269 e. The van der Waals surface area contributed by atoms with Gasteiger partial charge in [-0.05, 0) is 34.4 Å². The molecule has 3 aromatic carbocycles. The number of carbonyl (C=O) groups is 2. The van der Waals surface area contributed by atoms with E-state index in [0.717, 1.165) is 22.3 Å². The van der Waals surface area contributed by atoms with Gasteiger partial charge < -0.3 is 0 Å². The maximum atomic E-state index is 13.6. The van der Waals surface area contributed by atoms with Gasteiger partial charge in [0, 0.05) is 24.0 Å². The van der Waals surface area contributed by atoms with Crippen molar-refractivity contribution >= 4 is 28.8 Å². The standard InChI is InChI=1S/C28H20N2O4/c31-27-25-21-15-16-22(26(25)28(32)29(27)19-11-13-20(14-12-19)30(33)34)24(21)23(17-7-3-1-4-8-17)18-9-5-2-6-10-18/h1-16,21-22,25-26H/t21-,22-,25-,26-/m0/s1. The summed E-state index contributed by atoms with van der Waals surface area (Å²) in [6.45, 7) is 0. The molecule has 1 saturated heterocycles. The summed E-state index contributed by atoms with van der Waals surface area (Å²) in [6.07, 6.45) is 4.13. The van der Waals surface area contributed by atoms with E-state index in [9.17, 15) is 19.7 Å². The van der Waals surface area contributed by atoms with E-state index in [0.29, 0.717) is 5.69 Å². The third-order valence-electron chi connectivity index (χ3n) is 7.15. The quantitative estimate of drug-likeness (QED) is 0.243. The minimum absolute atomic E-state index is 0.0784. The SMILES string of the molecule is O=C1[C@@H]2[C@@H](C(=O)N1c1ccc([N+](=O)[O-])cc1)[C@H]1C=C[C@H]2C1=C(c1ccccc1)c1ccccc1. The minimum Gasteiger partial charge on any atom is -0.274 e. The second-order valence-electron chi connectivity index (χ2n) is 8.84. The number of hydrogen-bond donors (Lipinski definition) is 0. The fraction of sp³-hybridized carbons (Fsp3) is 0.143. The van der Waals surface area contributed by atoms with E-state index >= 15 is 0 Å². The van der Waals surface area contributed by atoms with Crippen LogP contribution in [0.5, 0.6) is 0 Å². The number of carbonyl (C=O) groups excluding carboxylic acids is 2. The van der Waals surface area contributed by atoms with Crippen molar-refractivity contribution in [3.8, 4) is 0 Å². The predicted octanol–water partition coefficient (Wildman–Crippen LogP) is 5.02. The van der Waals surface area contributed by atoms with Gasteiger partial charge in [-0.2, -0.15) is 0 Å². The molecule has 3 aromatic rings. The Hall–Kier alpha value is -4.32. The van der Waals surface area contributed by atoms with Crippen molar-refractivity contribution < 1.29 is 14.5 Å². The first-order valence-corrected chi connectivity index (χ1v) is 11.2. The minimum atomic E-state index is -0.498. The number of rotatable bonds is 4. The monoisotopic (exact) mass is 448 g/mol. The van der Waals surface area contributed by atoms with Crippen LogP contribution in [0.3, 0.4) is 0 Å². The molecule has 2 bridgehead atoms. The summed E-state index contributed by atoms with van der Waals surface area (Å²) < 4.78 is 0. The summed E-state index contributed by atoms with van der Waals surface area (Å²) in [5.74, 6) is -1.72.